The minimum Gasteiger partial charge on any atom is -0.376 e. The molecular formula is C17H22FNO2. The number of ether oxygens (including phenoxy) is 1. The number of nitrogens with one attached hydrogen (secondary N) is 1. The van der Waals surface area contributed by atoms with Gasteiger partial charge in [0.1, 0.15) is 5.82 Å². The minimum atomic E-state index is -0.340. The number of hydrogen-bond donors (Lipinski definition) is 1. The Morgan fingerprint density at radius 1 is 1.19 bits per heavy atom. The smallest absolute Gasteiger partial charge is 0.251 e. The van der Waals surface area contributed by atoms with Crippen molar-refractivity contribution in [2.75, 3.05) is 13.2 Å². The van der Waals surface area contributed by atoms with Crippen LogP contribution in [0.25, 0.3) is 0 Å². The lowest BCUT2D eigenvalue weighted by molar-refractivity contribution is 0.0416. The first-order chi connectivity index (χ1) is 10.3. The third kappa shape index (κ3) is 5.68. The van der Waals surface area contributed by atoms with Crippen LogP contribution in [0.3, 0.4) is 0 Å². The fourth-order valence-electron chi connectivity index (χ4n) is 2.39. The molecule has 1 unspecified atom stereocenters. The van der Waals surface area contributed by atoms with Crippen LogP contribution in [0, 0.1) is 5.82 Å². The maximum Gasteiger partial charge on any atom is 0.251 e. The standard InChI is InChI=1S/C17H22FNO2/c18-15-10-8-14(9-11-15)17(20)19-12-13-21-16-6-4-2-1-3-5-7-16/h1-2,8-11,16H,3-7,12-13H2,(H,19,20)/i18-1. The highest BCUT2D eigenvalue weighted by Crippen LogP contribution is 2.15. The van der Waals surface area contributed by atoms with E-state index in [9.17, 15) is 9.18 Å². The molecule has 0 heterocycles. The van der Waals surface area contributed by atoms with Crippen molar-refractivity contribution in [2.45, 2.75) is 38.2 Å². The van der Waals surface area contributed by atoms with Gasteiger partial charge in [0.15, 0.2) is 0 Å². The lowest BCUT2D eigenvalue weighted by Gasteiger charge is -2.18. The zero-order chi connectivity index (χ0) is 14.9. The number of carbonyl (C=O) groups excluding carboxylic acids is 1. The second-order valence-electron chi connectivity index (χ2n) is 5.24. The molecule has 114 valence electrons. The lowest BCUT2D eigenvalue weighted by atomic mass is 10.0. The third-order valence-electron chi connectivity index (χ3n) is 3.57. The summed E-state index contributed by atoms with van der Waals surface area (Å²) in [5.41, 5.74) is 0.465. The number of allylic oxidation sites excluding steroid dienone is 2. The molecule has 1 aliphatic rings. The van der Waals surface area contributed by atoms with Gasteiger partial charge in [0.2, 0.25) is 0 Å². The first-order valence-electron chi connectivity index (χ1n) is 7.56. The summed E-state index contributed by atoms with van der Waals surface area (Å²) in [6, 6.07) is 5.53. The van der Waals surface area contributed by atoms with Crippen LogP contribution in [0.5, 0.6) is 0 Å². The fourth-order valence-corrected chi connectivity index (χ4v) is 2.39. The Bertz CT molecular complexity index is 470. The molecule has 1 atom stereocenters. The summed E-state index contributed by atoms with van der Waals surface area (Å²) >= 11 is 0. The van der Waals surface area contributed by atoms with Gasteiger partial charge >= 0.3 is 0 Å². The first kappa shape index (κ1) is 15.7. The molecule has 0 saturated carbocycles. The number of rotatable bonds is 5. The molecule has 21 heavy (non-hydrogen) atoms. The highest BCUT2D eigenvalue weighted by atomic mass is 18.2. The summed E-state index contributed by atoms with van der Waals surface area (Å²) in [6.07, 6.45) is 10.2. The number of benzene rings is 1. The van der Waals surface area contributed by atoms with E-state index in [4.69, 9.17) is 4.74 Å². The highest BCUT2D eigenvalue weighted by molar-refractivity contribution is 5.94. The van der Waals surface area contributed by atoms with Crippen molar-refractivity contribution in [1.29, 1.82) is 0 Å². The molecule has 1 aliphatic carbocycles. The number of carbonyl (C=O) groups is 1. The number of halogens is 1. The predicted molar refractivity (Wildman–Crippen MR) is 80.7 cm³/mol. The molecule has 1 aromatic rings. The van der Waals surface area contributed by atoms with Gasteiger partial charge < -0.3 is 10.1 Å². The van der Waals surface area contributed by atoms with E-state index in [-0.39, 0.29) is 17.8 Å². The zero-order valence-corrected chi connectivity index (χ0v) is 12.2. The van der Waals surface area contributed by atoms with Crippen LogP contribution >= 0.6 is 0 Å². The molecule has 0 aromatic heterocycles. The van der Waals surface area contributed by atoms with Crippen molar-refractivity contribution in [3.05, 3.63) is 47.8 Å². The van der Waals surface area contributed by atoms with Crippen molar-refractivity contribution in [3.63, 3.8) is 0 Å². The molecular weight excluding hydrogens is 268 g/mol. The Balaban J connectivity index is 1.65. The van der Waals surface area contributed by atoms with Crippen LogP contribution in [0.2, 0.25) is 0 Å². The van der Waals surface area contributed by atoms with E-state index in [2.05, 4.69) is 17.5 Å². The Morgan fingerprint density at radius 2 is 1.95 bits per heavy atom. The third-order valence-corrected chi connectivity index (χ3v) is 3.57. The summed E-state index contributed by atoms with van der Waals surface area (Å²) in [5.74, 6) is -0.535. The normalized spacial score (nSPS) is 18.8. The topological polar surface area (TPSA) is 38.3 Å². The van der Waals surface area contributed by atoms with Crippen molar-refractivity contribution < 1.29 is 13.9 Å². The molecule has 1 amide bonds. The quantitative estimate of drug-likeness (QED) is 0.666. The van der Waals surface area contributed by atoms with Crippen LogP contribution < -0.4 is 5.32 Å². The molecule has 4 heteroatoms. The van der Waals surface area contributed by atoms with Gasteiger partial charge in [-0.1, -0.05) is 12.2 Å². The fraction of sp³-hybridized carbons (Fsp3) is 0.471. The van der Waals surface area contributed by atoms with Crippen molar-refractivity contribution in [1.82, 2.24) is 5.32 Å². The average molecular weight is 290 g/mol. The molecule has 3 nitrogen and oxygen atoms in total. The van der Waals surface area contributed by atoms with Crippen LogP contribution in [0.1, 0.15) is 42.5 Å². The molecule has 0 radical (unpaired) electrons. The number of amides is 1. The Hall–Kier alpha value is -1.68. The summed E-state index contributed by atoms with van der Waals surface area (Å²) in [7, 11) is 0. The minimum absolute atomic E-state index is 0.195. The van der Waals surface area contributed by atoms with Crippen LogP contribution in [-0.2, 0) is 4.74 Å². The Labute approximate surface area is 125 Å². The van der Waals surface area contributed by atoms with Gasteiger partial charge in [-0.15, -0.1) is 0 Å². The molecule has 1 aromatic carbocycles. The van der Waals surface area contributed by atoms with Crippen LogP contribution in [0.4, 0.5) is 4.39 Å². The van der Waals surface area contributed by atoms with E-state index >= 15 is 0 Å². The highest BCUT2D eigenvalue weighted by Gasteiger charge is 2.10. The maximum absolute atomic E-state index is 12.8. The van der Waals surface area contributed by atoms with Crippen molar-refractivity contribution in [2.24, 2.45) is 0 Å². The summed E-state index contributed by atoms with van der Waals surface area (Å²) < 4.78 is 18.6. The monoisotopic (exact) mass is 290 g/mol. The summed E-state index contributed by atoms with van der Waals surface area (Å²) in [4.78, 5) is 11.8. The Morgan fingerprint density at radius 3 is 2.76 bits per heavy atom. The van der Waals surface area contributed by atoms with Crippen LogP contribution in [0.15, 0.2) is 36.4 Å². The summed E-state index contributed by atoms with van der Waals surface area (Å²) in [5, 5.41) is 2.79. The Kier molecular flexibility index (Phi) is 6.41. The zero-order valence-electron chi connectivity index (χ0n) is 12.2. The summed E-state index contributed by atoms with van der Waals surface area (Å²) in [6.45, 7) is 0.990. The van der Waals surface area contributed by atoms with Gasteiger partial charge in [-0.25, -0.2) is 4.39 Å². The van der Waals surface area contributed by atoms with E-state index < -0.39 is 0 Å². The SMILES string of the molecule is O=C(NCCOC1CCC=CCCC1)c1ccc([18F])cc1. The first-order valence-corrected chi connectivity index (χ1v) is 7.56. The number of hydrogen-bond acceptors (Lipinski definition) is 2. The van der Waals surface area contributed by atoms with E-state index in [1.165, 1.54) is 24.3 Å². The van der Waals surface area contributed by atoms with Gasteiger partial charge in [-0.2, -0.15) is 0 Å². The molecule has 0 fully saturated rings. The largest absolute Gasteiger partial charge is 0.376 e. The molecule has 0 spiro atoms. The molecule has 0 bridgehead atoms. The molecule has 2 rings (SSSR count). The van der Waals surface area contributed by atoms with Crippen molar-refractivity contribution in [3.8, 4) is 0 Å². The predicted octanol–water partition coefficient (Wildman–Crippen LogP) is 3.46. The van der Waals surface area contributed by atoms with E-state index in [1.807, 2.05) is 0 Å². The van der Waals surface area contributed by atoms with Gasteiger partial charge in [0.25, 0.3) is 5.91 Å². The second kappa shape index (κ2) is 8.57. The average Bonchev–Trinajstić information content (AvgIpc) is 2.45. The van der Waals surface area contributed by atoms with E-state index in [0.29, 0.717) is 18.7 Å². The van der Waals surface area contributed by atoms with Gasteiger partial charge in [0, 0.05) is 12.1 Å². The molecule has 0 saturated heterocycles. The van der Waals surface area contributed by atoms with E-state index in [1.54, 1.807) is 0 Å². The van der Waals surface area contributed by atoms with Gasteiger partial charge in [0.05, 0.1) is 12.7 Å². The van der Waals surface area contributed by atoms with Crippen LogP contribution in [-0.4, -0.2) is 25.2 Å². The van der Waals surface area contributed by atoms with Crippen molar-refractivity contribution >= 4 is 5.91 Å². The second-order valence-corrected chi connectivity index (χ2v) is 5.24. The van der Waals surface area contributed by atoms with Gasteiger partial charge in [-0.05, 0) is 56.4 Å². The maximum atomic E-state index is 12.8. The van der Waals surface area contributed by atoms with E-state index in [0.717, 1.165) is 32.1 Å². The molecule has 0 aliphatic heterocycles. The van der Waals surface area contributed by atoms with Gasteiger partial charge in [-0.3, -0.25) is 4.79 Å². The molecule has 1 N–H and O–H groups in total. The lowest BCUT2D eigenvalue weighted by Crippen LogP contribution is -2.29.